The zero-order chi connectivity index (χ0) is 11.3. The summed E-state index contributed by atoms with van der Waals surface area (Å²) in [6.45, 7) is 6.33. The van der Waals surface area contributed by atoms with Crippen molar-refractivity contribution in [3.8, 4) is 0 Å². The number of hydrogen-bond acceptors (Lipinski definition) is 3. The summed E-state index contributed by atoms with van der Waals surface area (Å²) >= 11 is 0. The Labute approximate surface area is 88.1 Å². The Balaban J connectivity index is 2.67. The molecule has 1 rings (SSSR count). The van der Waals surface area contributed by atoms with Crippen molar-refractivity contribution in [1.82, 2.24) is 15.1 Å². The van der Waals surface area contributed by atoms with E-state index in [2.05, 4.69) is 10.4 Å². The number of nitrogens with zero attached hydrogens (tertiary/aromatic N) is 1. The second kappa shape index (κ2) is 5.50. The summed E-state index contributed by atoms with van der Waals surface area (Å²) in [5.74, 6) is 0.306. The van der Waals surface area contributed by atoms with E-state index in [-0.39, 0.29) is 11.1 Å². The molecule has 0 spiro atoms. The molecule has 0 bridgehead atoms. The van der Waals surface area contributed by atoms with Crippen molar-refractivity contribution < 1.29 is 0 Å². The third kappa shape index (κ3) is 3.71. The van der Waals surface area contributed by atoms with Crippen LogP contribution in [-0.2, 0) is 6.54 Å². The van der Waals surface area contributed by atoms with Gasteiger partial charge >= 0.3 is 0 Å². The van der Waals surface area contributed by atoms with Crippen LogP contribution in [0.3, 0.4) is 0 Å². The largest absolute Gasteiger partial charge is 0.317 e. The van der Waals surface area contributed by atoms with Crippen molar-refractivity contribution >= 4 is 0 Å². The average molecular weight is 211 g/mol. The van der Waals surface area contributed by atoms with Gasteiger partial charge in [0.05, 0.1) is 0 Å². The monoisotopic (exact) mass is 211 g/mol. The standard InChI is InChI=1S/C10H17N3O2/c1-3-11-6-8(2)7-13-10(15)5-4-9(14)12-13/h4-5,8,11H,3,6-7H2,1-2H3,(H,12,14). The van der Waals surface area contributed by atoms with Crippen LogP contribution in [0.5, 0.6) is 0 Å². The molecule has 84 valence electrons. The first-order valence-electron chi connectivity index (χ1n) is 5.14. The highest BCUT2D eigenvalue weighted by Crippen LogP contribution is 1.93. The van der Waals surface area contributed by atoms with Crippen LogP contribution >= 0.6 is 0 Å². The van der Waals surface area contributed by atoms with Gasteiger partial charge in [0.15, 0.2) is 0 Å². The summed E-state index contributed by atoms with van der Waals surface area (Å²) in [7, 11) is 0. The van der Waals surface area contributed by atoms with Gasteiger partial charge in [-0.3, -0.25) is 14.7 Å². The van der Waals surface area contributed by atoms with Gasteiger partial charge in [0, 0.05) is 18.7 Å². The molecule has 1 heterocycles. The highest BCUT2D eigenvalue weighted by atomic mass is 16.1. The van der Waals surface area contributed by atoms with Crippen LogP contribution in [0.25, 0.3) is 0 Å². The Bertz CT molecular complexity index is 408. The van der Waals surface area contributed by atoms with Gasteiger partial charge in [-0.1, -0.05) is 13.8 Å². The zero-order valence-corrected chi connectivity index (χ0v) is 9.12. The summed E-state index contributed by atoms with van der Waals surface area (Å²) in [6, 6.07) is 2.53. The summed E-state index contributed by atoms with van der Waals surface area (Å²) in [4.78, 5) is 22.4. The Hall–Kier alpha value is -1.36. The molecule has 1 aromatic rings. The van der Waals surface area contributed by atoms with Crippen molar-refractivity contribution in [1.29, 1.82) is 0 Å². The van der Waals surface area contributed by atoms with Crippen LogP contribution in [0.2, 0.25) is 0 Å². The highest BCUT2D eigenvalue weighted by molar-refractivity contribution is 4.86. The Morgan fingerprint density at radius 1 is 1.47 bits per heavy atom. The Morgan fingerprint density at radius 2 is 2.20 bits per heavy atom. The van der Waals surface area contributed by atoms with E-state index >= 15 is 0 Å². The van der Waals surface area contributed by atoms with Gasteiger partial charge in [-0.05, 0) is 19.0 Å². The first-order chi connectivity index (χ1) is 7.13. The lowest BCUT2D eigenvalue weighted by molar-refractivity contribution is 0.411. The Kier molecular flexibility index (Phi) is 4.30. The van der Waals surface area contributed by atoms with Gasteiger partial charge in [0.1, 0.15) is 0 Å². The van der Waals surface area contributed by atoms with E-state index in [9.17, 15) is 9.59 Å². The van der Waals surface area contributed by atoms with Gasteiger partial charge in [-0.25, -0.2) is 4.68 Å². The minimum Gasteiger partial charge on any atom is -0.317 e. The molecule has 0 aliphatic rings. The minimum atomic E-state index is -0.245. The van der Waals surface area contributed by atoms with Gasteiger partial charge in [0.2, 0.25) is 0 Å². The molecule has 0 saturated carbocycles. The molecule has 0 aliphatic heterocycles. The molecular weight excluding hydrogens is 194 g/mol. The van der Waals surface area contributed by atoms with E-state index in [0.717, 1.165) is 13.1 Å². The molecule has 5 nitrogen and oxygen atoms in total. The molecule has 1 unspecified atom stereocenters. The lowest BCUT2D eigenvalue weighted by atomic mass is 10.2. The van der Waals surface area contributed by atoms with Crippen LogP contribution in [-0.4, -0.2) is 22.9 Å². The van der Waals surface area contributed by atoms with Crippen LogP contribution in [0, 0.1) is 5.92 Å². The van der Waals surface area contributed by atoms with Crippen molar-refractivity contribution in [2.75, 3.05) is 13.1 Å². The van der Waals surface area contributed by atoms with Crippen molar-refractivity contribution in [3.05, 3.63) is 32.8 Å². The molecule has 0 aromatic carbocycles. The van der Waals surface area contributed by atoms with Crippen LogP contribution in [0.4, 0.5) is 0 Å². The summed E-state index contributed by atoms with van der Waals surface area (Å²) in [5.41, 5.74) is -0.414. The van der Waals surface area contributed by atoms with Crippen LogP contribution in [0.1, 0.15) is 13.8 Å². The smallest absolute Gasteiger partial charge is 0.265 e. The third-order valence-corrected chi connectivity index (χ3v) is 2.13. The zero-order valence-electron chi connectivity index (χ0n) is 9.12. The number of aromatic amines is 1. The SMILES string of the molecule is CCNCC(C)Cn1[nH]c(=O)ccc1=O. The molecular formula is C10H17N3O2. The number of hydrogen-bond donors (Lipinski definition) is 2. The highest BCUT2D eigenvalue weighted by Gasteiger charge is 2.04. The van der Waals surface area contributed by atoms with Crippen molar-refractivity contribution in [3.63, 3.8) is 0 Å². The van der Waals surface area contributed by atoms with Gasteiger partial charge in [0.25, 0.3) is 11.1 Å². The van der Waals surface area contributed by atoms with E-state index in [1.165, 1.54) is 16.8 Å². The molecule has 0 aliphatic carbocycles. The quantitative estimate of drug-likeness (QED) is 0.707. The maximum atomic E-state index is 11.4. The minimum absolute atomic E-state index is 0.169. The fraction of sp³-hybridized carbons (Fsp3) is 0.600. The van der Waals surface area contributed by atoms with E-state index < -0.39 is 0 Å². The normalized spacial score (nSPS) is 12.7. The van der Waals surface area contributed by atoms with E-state index in [0.29, 0.717) is 12.5 Å². The fourth-order valence-electron chi connectivity index (χ4n) is 1.36. The topological polar surface area (TPSA) is 66.9 Å². The second-order valence-corrected chi connectivity index (χ2v) is 3.67. The molecule has 15 heavy (non-hydrogen) atoms. The van der Waals surface area contributed by atoms with Gasteiger partial charge in [-0.2, -0.15) is 0 Å². The van der Waals surface area contributed by atoms with Gasteiger partial charge in [-0.15, -0.1) is 0 Å². The molecule has 1 aromatic heterocycles. The number of nitrogens with one attached hydrogen (secondary N) is 2. The van der Waals surface area contributed by atoms with E-state index in [1.54, 1.807) is 0 Å². The molecule has 1 atom stereocenters. The van der Waals surface area contributed by atoms with Crippen molar-refractivity contribution in [2.24, 2.45) is 5.92 Å². The fourth-order valence-corrected chi connectivity index (χ4v) is 1.36. The summed E-state index contributed by atoms with van der Waals surface area (Å²) < 4.78 is 1.35. The third-order valence-electron chi connectivity index (χ3n) is 2.13. The molecule has 2 N–H and O–H groups in total. The molecule has 0 saturated heterocycles. The molecule has 0 radical (unpaired) electrons. The Morgan fingerprint density at radius 3 is 2.87 bits per heavy atom. The maximum absolute atomic E-state index is 11.4. The molecule has 5 heteroatoms. The summed E-state index contributed by atoms with van der Waals surface area (Å²) in [5, 5.41) is 5.70. The van der Waals surface area contributed by atoms with E-state index in [4.69, 9.17) is 0 Å². The van der Waals surface area contributed by atoms with Crippen molar-refractivity contribution in [2.45, 2.75) is 20.4 Å². The maximum Gasteiger partial charge on any atom is 0.265 e. The number of H-pyrrole nitrogens is 1. The first kappa shape index (κ1) is 11.7. The predicted octanol–water partition coefficient (Wildman–Crippen LogP) is -0.218. The lowest BCUT2D eigenvalue weighted by Crippen LogP contribution is -2.33. The van der Waals surface area contributed by atoms with Crippen LogP contribution in [0.15, 0.2) is 21.7 Å². The van der Waals surface area contributed by atoms with Gasteiger partial charge < -0.3 is 5.32 Å². The number of rotatable bonds is 5. The average Bonchev–Trinajstić information content (AvgIpc) is 2.20. The summed E-state index contributed by atoms with van der Waals surface area (Å²) in [6.07, 6.45) is 0. The van der Waals surface area contributed by atoms with Crippen LogP contribution < -0.4 is 16.4 Å². The predicted molar refractivity (Wildman–Crippen MR) is 59.0 cm³/mol. The first-order valence-corrected chi connectivity index (χ1v) is 5.14. The molecule has 0 fully saturated rings. The molecule has 0 amide bonds. The second-order valence-electron chi connectivity index (χ2n) is 3.67. The lowest BCUT2D eigenvalue weighted by Gasteiger charge is -2.12. The number of aromatic nitrogens is 2. The van der Waals surface area contributed by atoms with E-state index in [1.807, 2.05) is 13.8 Å².